The predicted octanol–water partition coefficient (Wildman–Crippen LogP) is 3.39. The number of carbonyl (C=O) groups is 1. The second kappa shape index (κ2) is 7.34. The number of nitrogens with one attached hydrogen (secondary N) is 1. The number of aryl methyl sites for hydroxylation is 1. The van der Waals surface area contributed by atoms with E-state index in [0.717, 1.165) is 11.1 Å². The molecule has 1 aromatic heterocycles. The van der Waals surface area contributed by atoms with Gasteiger partial charge in [0.25, 0.3) is 0 Å². The van der Waals surface area contributed by atoms with Crippen molar-refractivity contribution >= 4 is 17.0 Å². The van der Waals surface area contributed by atoms with E-state index in [1.165, 1.54) is 16.7 Å². The molecule has 6 heteroatoms. The summed E-state index contributed by atoms with van der Waals surface area (Å²) in [6, 6.07) is 13.0. The minimum absolute atomic E-state index is 0.113. The Morgan fingerprint density at radius 1 is 1.20 bits per heavy atom. The van der Waals surface area contributed by atoms with Crippen LogP contribution in [0.1, 0.15) is 31.4 Å². The first kappa shape index (κ1) is 17.0. The highest BCUT2D eigenvalue weighted by Gasteiger charge is 2.11. The normalized spacial score (nSPS) is 12.2. The minimum atomic E-state index is -0.415. The maximum atomic E-state index is 12.9. The SMILES string of the molecule is C[C@H](NC(=O)CCCn1c(=O)oc2ccccc21)c1ccc(F)cc1. The first-order chi connectivity index (χ1) is 12.0. The van der Waals surface area contributed by atoms with Gasteiger partial charge in [-0.3, -0.25) is 9.36 Å². The molecule has 0 bridgehead atoms. The zero-order valence-corrected chi connectivity index (χ0v) is 13.9. The Labute approximate surface area is 144 Å². The molecule has 0 saturated carbocycles. The van der Waals surface area contributed by atoms with Crippen LogP contribution in [0.2, 0.25) is 0 Å². The van der Waals surface area contributed by atoms with E-state index in [2.05, 4.69) is 5.32 Å². The zero-order valence-electron chi connectivity index (χ0n) is 13.9. The quantitative estimate of drug-likeness (QED) is 0.747. The molecular formula is C19H19FN2O3. The highest BCUT2D eigenvalue weighted by atomic mass is 19.1. The first-order valence-corrected chi connectivity index (χ1v) is 8.18. The van der Waals surface area contributed by atoms with Crippen molar-refractivity contribution in [2.24, 2.45) is 0 Å². The summed E-state index contributed by atoms with van der Waals surface area (Å²) in [6.07, 6.45) is 0.808. The molecule has 1 atom stereocenters. The Morgan fingerprint density at radius 3 is 2.68 bits per heavy atom. The molecule has 130 valence electrons. The maximum Gasteiger partial charge on any atom is 0.419 e. The Morgan fingerprint density at radius 2 is 1.92 bits per heavy atom. The van der Waals surface area contributed by atoms with Gasteiger partial charge in [0.1, 0.15) is 5.82 Å². The summed E-state index contributed by atoms with van der Waals surface area (Å²) in [4.78, 5) is 23.9. The van der Waals surface area contributed by atoms with Gasteiger partial charge in [0, 0.05) is 13.0 Å². The van der Waals surface area contributed by atoms with Crippen LogP contribution in [0.25, 0.3) is 11.1 Å². The van der Waals surface area contributed by atoms with Crippen LogP contribution in [0.15, 0.2) is 57.7 Å². The highest BCUT2D eigenvalue weighted by molar-refractivity contribution is 5.76. The number of amides is 1. The fraction of sp³-hybridized carbons (Fsp3) is 0.263. The van der Waals surface area contributed by atoms with Gasteiger partial charge < -0.3 is 9.73 Å². The predicted molar refractivity (Wildman–Crippen MR) is 92.7 cm³/mol. The summed E-state index contributed by atoms with van der Waals surface area (Å²) in [5, 5.41) is 2.88. The van der Waals surface area contributed by atoms with Crippen molar-refractivity contribution in [3.63, 3.8) is 0 Å². The van der Waals surface area contributed by atoms with Crippen molar-refractivity contribution in [2.45, 2.75) is 32.4 Å². The van der Waals surface area contributed by atoms with Crippen molar-refractivity contribution in [1.82, 2.24) is 9.88 Å². The Hall–Kier alpha value is -2.89. The molecule has 5 nitrogen and oxygen atoms in total. The number of oxazole rings is 1. The number of halogens is 1. The van der Waals surface area contributed by atoms with Crippen molar-refractivity contribution in [1.29, 1.82) is 0 Å². The van der Waals surface area contributed by atoms with Gasteiger partial charge in [-0.2, -0.15) is 0 Å². The molecule has 0 fully saturated rings. The zero-order chi connectivity index (χ0) is 17.8. The van der Waals surface area contributed by atoms with E-state index < -0.39 is 5.76 Å². The summed E-state index contributed by atoms with van der Waals surface area (Å²) in [6.45, 7) is 2.26. The fourth-order valence-electron chi connectivity index (χ4n) is 2.77. The number of para-hydroxylation sites is 2. The lowest BCUT2D eigenvalue weighted by Crippen LogP contribution is -2.27. The lowest BCUT2D eigenvalue weighted by molar-refractivity contribution is -0.121. The molecule has 0 spiro atoms. The molecule has 1 heterocycles. The number of benzene rings is 2. The van der Waals surface area contributed by atoms with Gasteiger partial charge in [-0.15, -0.1) is 0 Å². The van der Waals surface area contributed by atoms with Crippen molar-refractivity contribution < 1.29 is 13.6 Å². The summed E-state index contributed by atoms with van der Waals surface area (Å²) in [5.41, 5.74) is 2.11. The highest BCUT2D eigenvalue weighted by Crippen LogP contribution is 2.14. The standard InChI is InChI=1S/C19H19FN2O3/c1-13(14-8-10-15(20)11-9-14)21-18(23)7-4-12-22-16-5-2-3-6-17(16)25-19(22)24/h2-3,5-6,8-11,13H,4,7,12H2,1H3,(H,21,23)/t13-/m0/s1. The van der Waals surface area contributed by atoms with E-state index in [4.69, 9.17) is 4.42 Å². The van der Waals surface area contributed by atoms with Crippen LogP contribution in [0.5, 0.6) is 0 Å². The van der Waals surface area contributed by atoms with Crippen LogP contribution >= 0.6 is 0 Å². The number of hydrogen-bond acceptors (Lipinski definition) is 3. The second-order valence-corrected chi connectivity index (χ2v) is 5.93. The monoisotopic (exact) mass is 342 g/mol. The third kappa shape index (κ3) is 3.96. The van der Waals surface area contributed by atoms with Gasteiger partial charge in [0.2, 0.25) is 5.91 Å². The summed E-state index contributed by atoms with van der Waals surface area (Å²) in [7, 11) is 0. The molecule has 3 aromatic rings. The summed E-state index contributed by atoms with van der Waals surface area (Å²) < 4.78 is 19.6. The van der Waals surface area contributed by atoms with Crippen molar-refractivity contribution in [3.05, 3.63) is 70.5 Å². The molecule has 1 N–H and O–H groups in total. The summed E-state index contributed by atoms with van der Waals surface area (Å²) in [5.74, 6) is -0.834. The van der Waals surface area contributed by atoms with Crippen LogP contribution < -0.4 is 11.1 Å². The van der Waals surface area contributed by atoms with Crippen LogP contribution in [-0.4, -0.2) is 10.5 Å². The molecular weight excluding hydrogens is 323 g/mol. The van der Waals surface area contributed by atoms with E-state index in [1.807, 2.05) is 19.1 Å². The number of fused-ring (bicyclic) bond motifs is 1. The number of rotatable bonds is 6. The molecule has 0 aliphatic heterocycles. The lowest BCUT2D eigenvalue weighted by atomic mass is 10.1. The van der Waals surface area contributed by atoms with Gasteiger partial charge in [-0.05, 0) is 43.2 Å². The molecule has 25 heavy (non-hydrogen) atoms. The van der Waals surface area contributed by atoms with Crippen molar-refractivity contribution in [2.75, 3.05) is 0 Å². The van der Waals surface area contributed by atoms with Gasteiger partial charge in [0.15, 0.2) is 5.58 Å². The number of aromatic nitrogens is 1. The van der Waals surface area contributed by atoms with Crippen LogP contribution in [0.3, 0.4) is 0 Å². The number of nitrogens with zero attached hydrogens (tertiary/aromatic N) is 1. The van der Waals surface area contributed by atoms with E-state index >= 15 is 0 Å². The van der Waals surface area contributed by atoms with Crippen LogP contribution in [0.4, 0.5) is 4.39 Å². The van der Waals surface area contributed by atoms with Gasteiger partial charge in [0.05, 0.1) is 11.6 Å². The molecule has 0 unspecified atom stereocenters. The molecule has 3 rings (SSSR count). The largest absolute Gasteiger partial charge is 0.419 e. The molecule has 0 saturated heterocycles. The third-order valence-corrected chi connectivity index (χ3v) is 4.11. The lowest BCUT2D eigenvalue weighted by Gasteiger charge is -2.14. The third-order valence-electron chi connectivity index (χ3n) is 4.11. The van der Waals surface area contributed by atoms with Crippen LogP contribution in [-0.2, 0) is 11.3 Å². The molecule has 2 aromatic carbocycles. The Bertz CT molecular complexity index is 928. The van der Waals surface area contributed by atoms with Gasteiger partial charge in [-0.1, -0.05) is 24.3 Å². The minimum Gasteiger partial charge on any atom is -0.408 e. The van der Waals surface area contributed by atoms with E-state index in [0.29, 0.717) is 18.5 Å². The molecule has 0 aliphatic rings. The van der Waals surface area contributed by atoms with Crippen LogP contribution in [0, 0.1) is 5.82 Å². The average Bonchev–Trinajstić information content (AvgIpc) is 2.91. The van der Waals surface area contributed by atoms with E-state index in [-0.39, 0.29) is 24.2 Å². The van der Waals surface area contributed by atoms with E-state index in [9.17, 15) is 14.0 Å². The molecule has 1 amide bonds. The summed E-state index contributed by atoms with van der Waals surface area (Å²) >= 11 is 0. The average molecular weight is 342 g/mol. The second-order valence-electron chi connectivity index (χ2n) is 5.93. The first-order valence-electron chi connectivity index (χ1n) is 8.18. The molecule has 0 radical (unpaired) electrons. The fourth-order valence-corrected chi connectivity index (χ4v) is 2.77. The maximum absolute atomic E-state index is 12.9. The number of hydrogen-bond donors (Lipinski definition) is 1. The molecule has 0 aliphatic carbocycles. The Balaban J connectivity index is 1.54. The Kier molecular flexibility index (Phi) is 4.97. The smallest absolute Gasteiger partial charge is 0.408 e. The van der Waals surface area contributed by atoms with Gasteiger partial charge in [-0.25, -0.2) is 9.18 Å². The van der Waals surface area contributed by atoms with Gasteiger partial charge >= 0.3 is 5.76 Å². The number of carbonyl (C=O) groups excluding carboxylic acids is 1. The van der Waals surface area contributed by atoms with Crippen molar-refractivity contribution in [3.8, 4) is 0 Å². The topological polar surface area (TPSA) is 64.2 Å². The van der Waals surface area contributed by atoms with E-state index in [1.54, 1.807) is 24.3 Å².